The third-order valence-electron chi connectivity index (χ3n) is 2.29. The van der Waals surface area contributed by atoms with Gasteiger partial charge in [-0.05, 0) is 0 Å². The fourth-order valence-electron chi connectivity index (χ4n) is 1.49. The summed E-state index contributed by atoms with van der Waals surface area (Å²) < 4.78 is 10.4. The highest BCUT2D eigenvalue weighted by molar-refractivity contribution is 5.91. The van der Waals surface area contributed by atoms with Crippen molar-refractivity contribution in [2.24, 2.45) is 0 Å². The number of methoxy groups -OCH3 is 2. The van der Waals surface area contributed by atoms with Crippen molar-refractivity contribution in [3.63, 3.8) is 0 Å². The standard InChI is InChI=1S/C14H17NO4/c1-10(17)15-13-8-11(18-2)9-14(19-3)12(13)6-4-5-7-16/h8-9,16H,5,7H2,1-3H3,(H,15,17). The van der Waals surface area contributed by atoms with Gasteiger partial charge in [-0.2, -0.15) is 0 Å². The molecule has 1 amide bonds. The largest absolute Gasteiger partial charge is 0.497 e. The Morgan fingerprint density at radius 2 is 2.11 bits per heavy atom. The van der Waals surface area contributed by atoms with Crippen LogP contribution in [0.15, 0.2) is 12.1 Å². The minimum atomic E-state index is -0.208. The number of nitrogens with one attached hydrogen (secondary N) is 1. The van der Waals surface area contributed by atoms with Crippen LogP contribution in [-0.2, 0) is 4.79 Å². The molecular weight excluding hydrogens is 246 g/mol. The van der Waals surface area contributed by atoms with E-state index in [2.05, 4.69) is 17.2 Å². The SMILES string of the molecule is COc1cc(NC(C)=O)c(C#CCCO)c(OC)c1. The molecule has 0 radical (unpaired) electrons. The Bertz CT molecular complexity index is 514. The van der Waals surface area contributed by atoms with Gasteiger partial charge in [-0.25, -0.2) is 0 Å². The van der Waals surface area contributed by atoms with Gasteiger partial charge >= 0.3 is 0 Å². The van der Waals surface area contributed by atoms with Crippen LogP contribution in [0.3, 0.4) is 0 Å². The number of ether oxygens (including phenoxy) is 2. The second kappa shape index (κ2) is 7.29. The monoisotopic (exact) mass is 263 g/mol. The minimum absolute atomic E-state index is 0.0130. The van der Waals surface area contributed by atoms with E-state index < -0.39 is 0 Å². The van der Waals surface area contributed by atoms with E-state index in [1.807, 2.05) is 0 Å². The van der Waals surface area contributed by atoms with Crippen molar-refractivity contribution < 1.29 is 19.4 Å². The zero-order valence-corrected chi connectivity index (χ0v) is 11.2. The first-order valence-electron chi connectivity index (χ1n) is 5.75. The van der Waals surface area contributed by atoms with Gasteiger partial charge in [0.2, 0.25) is 5.91 Å². The van der Waals surface area contributed by atoms with Crippen LogP contribution in [0.25, 0.3) is 0 Å². The highest BCUT2D eigenvalue weighted by atomic mass is 16.5. The summed E-state index contributed by atoms with van der Waals surface area (Å²) in [6.45, 7) is 1.40. The number of aliphatic hydroxyl groups excluding tert-OH is 1. The van der Waals surface area contributed by atoms with Crippen LogP contribution in [0.5, 0.6) is 11.5 Å². The maximum absolute atomic E-state index is 11.2. The van der Waals surface area contributed by atoms with Crippen molar-refractivity contribution in [2.75, 3.05) is 26.1 Å². The molecule has 0 aliphatic rings. The first kappa shape index (κ1) is 14.9. The number of carbonyl (C=O) groups excluding carboxylic acids is 1. The van der Waals surface area contributed by atoms with Crippen molar-refractivity contribution in [2.45, 2.75) is 13.3 Å². The number of benzene rings is 1. The summed E-state index contributed by atoms with van der Waals surface area (Å²) in [5, 5.41) is 11.4. The first-order valence-corrected chi connectivity index (χ1v) is 5.75. The van der Waals surface area contributed by atoms with Crippen LogP contribution < -0.4 is 14.8 Å². The second-order valence-corrected chi connectivity index (χ2v) is 3.71. The van der Waals surface area contributed by atoms with Gasteiger partial charge in [0, 0.05) is 25.5 Å². The van der Waals surface area contributed by atoms with Crippen molar-refractivity contribution in [3.05, 3.63) is 17.7 Å². The fraction of sp³-hybridized carbons (Fsp3) is 0.357. The van der Waals surface area contributed by atoms with Crippen molar-refractivity contribution >= 4 is 11.6 Å². The number of anilines is 1. The van der Waals surface area contributed by atoms with Crippen molar-refractivity contribution in [3.8, 4) is 23.3 Å². The summed E-state index contributed by atoms with van der Waals surface area (Å²) >= 11 is 0. The van der Waals surface area contributed by atoms with Gasteiger partial charge in [0.15, 0.2) is 0 Å². The third kappa shape index (κ3) is 4.19. The lowest BCUT2D eigenvalue weighted by Gasteiger charge is -2.12. The topological polar surface area (TPSA) is 67.8 Å². The van der Waals surface area contributed by atoms with Crippen LogP contribution in [-0.4, -0.2) is 31.8 Å². The van der Waals surface area contributed by atoms with Gasteiger partial charge in [0.05, 0.1) is 32.1 Å². The molecule has 1 rings (SSSR count). The Hall–Kier alpha value is -2.19. The molecule has 102 valence electrons. The Kier molecular flexibility index (Phi) is 5.71. The average molecular weight is 263 g/mol. The average Bonchev–Trinajstić information content (AvgIpc) is 2.39. The molecule has 0 bridgehead atoms. The summed E-state index contributed by atoms with van der Waals surface area (Å²) in [5.41, 5.74) is 1.08. The molecular formula is C14H17NO4. The molecule has 2 N–H and O–H groups in total. The molecule has 1 aromatic carbocycles. The predicted octanol–water partition coefficient (Wildman–Crippen LogP) is 1.40. The van der Waals surface area contributed by atoms with E-state index in [4.69, 9.17) is 14.6 Å². The zero-order valence-electron chi connectivity index (χ0n) is 11.2. The number of rotatable bonds is 4. The summed E-state index contributed by atoms with van der Waals surface area (Å²) in [7, 11) is 3.05. The summed E-state index contributed by atoms with van der Waals surface area (Å²) in [5.74, 6) is 6.55. The molecule has 0 saturated carbocycles. The number of amides is 1. The predicted molar refractivity (Wildman–Crippen MR) is 72.4 cm³/mol. The molecule has 0 fully saturated rings. The molecule has 5 heteroatoms. The summed E-state index contributed by atoms with van der Waals surface area (Å²) in [6.07, 6.45) is 0.356. The molecule has 19 heavy (non-hydrogen) atoms. The summed E-state index contributed by atoms with van der Waals surface area (Å²) in [6, 6.07) is 3.36. The maximum atomic E-state index is 11.2. The Labute approximate surface area is 112 Å². The van der Waals surface area contributed by atoms with E-state index in [0.29, 0.717) is 29.2 Å². The second-order valence-electron chi connectivity index (χ2n) is 3.71. The minimum Gasteiger partial charge on any atom is -0.497 e. The molecule has 0 aliphatic carbocycles. The molecule has 0 saturated heterocycles. The first-order chi connectivity index (χ1) is 9.12. The molecule has 0 aliphatic heterocycles. The molecule has 5 nitrogen and oxygen atoms in total. The van der Waals surface area contributed by atoms with Gasteiger partial charge < -0.3 is 19.9 Å². The highest BCUT2D eigenvalue weighted by Gasteiger charge is 2.11. The fourth-order valence-corrected chi connectivity index (χ4v) is 1.49. The number of hydrogen-bond donors (Lipinski definition) is 2. The molecule has 0 atom stereocenters. The summed E-state index contributed by atoms with van der Waals surface area (Å²) in [4.78, 5) is 11.2. The van der Waals surface area contributed by atoms with E-state index in [0.717, 1.165) is 0 Å². The van der Waals surface area contributed by atoms with Crippen LogP contribution in [0.1, 0.15) is 18.9 Å². The van der Waals surface area contributed by atoms with Gasteiger partial charge in [0.1, 0.15) is 11.5 Å². The molecule has 0 aromatic heterocycles. The van der Waals surface area contributed by atoms with Crippen LogP contribution >= 0.6 is 0 Å². The van der Waals surface area contributed by atoms with Crippen LogP contribution in [0, 0.1) is 11.8 Å². The molecule has 1 aromatic rings. The lowest BCUT2D eigenvalue weighted by atomic mass is 10.1. The lowest BCUT2D eigenvalue weighted by molar-refractivity contribution is -0.114. The molecule has 0 spiro atoms. The van der Waals surface area contributed by atoms with E-state index in [1.165, 1.54) is 21.1 Å². The number of aliphatic hydroxyl groups is 1. The van der Waals surface area contributed by atoms with Crippen molar-refractivity contribution in [1.82, 2.24) is 0 Å². The third-order valence-corrected chi connectivity index (χ3v) is 2.29. The highest BCUT2D eigenvalue weighted by Crippen LogP contribution is 2.31. The molecule has 0 heterocycles. The van der Waals surface area contributed by atoms with Crippen LogP contribution in [0.4, 0.5) is 5.69 Å². The van der Waals surface area contributed by atoms with E-state index in [9.17, 15) is 4.79 Å². The van der Waals surface area contributed by atoms with Crippen LogP contribution in [0.2, 0.25) is 0 Å². The van der Waals surface area contributed by atoms with E-state index >= 15 is 0 Å². The maximum Gasteiger partial charge on any atom is 0.221 e. The Morgan fingerprint density at radius 1 is 1.37 bits per heavy atom. The number of carbonyl (C=O) groups is 1. The Balaban J connectivity index is 3.29. The van der Waals surface area contributed by atoms with E-state index in [-0.39, 0.29) is 12.5 Å². The van der Waals surface area contributed by atoms with Gasteiger partial charge in [-0.3, -0.25) is 4.79 Å². The van der Waals surface area contributed by atoms with Gasteiger partial charge in [-0.15, -0.1) is 0 Å². The van der Waals surface area contributed by atoms with Gasteiger partial charge in [0.25, 0.3) is 0 Å². The normalized spacial score (nSPS) is 9.26. The smallest absolute Gasteiger partial charge is 0.221 e. The zero-order chi connectivity index (χ0) is 14.3. The van der Waals surface area contributed by atoms with E-state index in [1.54, 1.807) is 12.1 Å². The quantitative estimate of drug-likeness (QED) is 0.806. The number of hydrogen-bond acceptors (Lipinski definition) is 4. The Morgan fingerprint density at radius 3 is 2.63 bits per heavy atom. The molecule has 0 unspecified atom stereocenters. The van der Waals surface area contributed by atoms with Gasteiger partial charge in [-0.1, -0.05) is 11.8 Å². The van der Waals surface area contributed by atoms with Crippen molar-refractivity contribution in [1.29, 1.82) is 0 Å². The lowest BCUT2D eigenvalue weighted by Crippen LogP contribution is -2.08.